The van der Waals surface area contributed by atoms with E-state index in [9.17, 15) is 18.0 Å². The Morgan fingerprint density at radius 3 is 2.41 bits per heavy atom. The standard InChI is InChI=1S/C17H20N2O3.C2HF3O2/c20-17(16-6-3-9-22-16)19-10-13-4-1-7-18(15(13)12-19)11-14-5-2-8-21-14;3-2(4,5)1(6)7/h2-3,5-6,8-9,13,15H,1,4,7,10-12H2;(H,6,7)/t13-,15+;/m1./s1. The van der Waals surface area contributed by atoms with Gasteiger partial charge in [-0.25, -0.2) is 4.79 Å². The summed E-state index contributed by atoms with van der Waals surface area (Å²) in [5.41, 5.74) is 0. The van der Waals surface area contributed by atoms with Crippen LogP contribution in [0.4, 0.5) is 13.2 Å². The van der Waals surface area contributed by atoms with Crippen LogP contribution >= 0.6 is 0 Å². The van der Waals surface area contributed by atoms with Crippen LogP contribution in [0.5, 0.6) is 0 Å². The first-order chi connectivity index (χ1) is 13.8. The van der Waals surface area contributed by atoms with E-state index in [1.54, 1.807) is 24.7 Å². The lowest BCUT2D eigenvalue weighted by molar-refractivity contribution is -0.192. The third kappa shape index (κ3) is 5.20. The molecule has 0 spiro atoms. The number of nitrogens with zero attached hydrogens (tertiary/aromatic N) is 2. The summed E-state index contributed by atoms with van der Waals surface area (Å²) in [7, 11) is 0. The number of carboxylic acids is 1. The van der Waals surface area contributed by atoms with Gasteiger partial charge in [0.2, 0.25) is 0 Å². The van der Waals surface area contributed by atoms with Crippen molar-refractivity contribution in [1.82, 2.24) is 9.80 Å². The van der Waals surface area contributed by atoms with Crippen LogP contribution in [0.1, 0.15) is 29.2 Å². The minimum atomic E-state index is -5.08. The van der Waals surface area contributed by atoms with Gasteiger partial charge in [-0.2, -0.15) is 13.2 Å². The van der Waals surface area contributed by atoms with Gasteiger partial charge in [0.05, 0.1) is 19.1 Å². The monoisotopic (exact) mass is 414 g/mol. The van der Waals surface area contributed by atoms with Crippen molar-refractivity contribution < 1.29 is 36.7 Å². The molecule has 158 valence electrons. The van der Waals surface area contributed by atoms with Crippen molar-refractivity contribution in [3.05, 3.63) is 48.3 Å². The molecule has 7 nitrogen and oxygen atoms in total. The van der Waals surface area contributed by atoms with Crippen LogP contribution in [-0.4, -0.2) is 58.6 Å². The summed E-state index contributed by atoms with van der Waals surface area (Å²) >= 11 is 0. The van der Waals surface area contributed by atoms with Crippen molar-refractivity contribution in [3.63, 3.8) is 0 Å². The molecule has 29 heavy (non-hydrogen) atoms. The molecule has 0 saturated carbocycles. The quantitative estimate of drug-likeness (QED) is 0.830. The van der Waals surface area contributed by atoms with E-state index in [2.05, 4.69) is 4.90 Å². The number of rotatable bonds is 3. The van der Waals surface area contributed by atoms with Gasteiger partial charge in [-0.1, -0.05) is 0 Å². The van der Waals surface area contributed by atoms with Gasteiger partial charge in [0, 0.05) is 19.1 Å². The van der Waals surface area contributed by atoms with E-state index in [-0.39, 0.29) is 5.91 Å². The molecule has 2 aromatic heterocycles. The molecule has 2 saturated heterocycles. The Hall–Kier alpha value is -2.75. The van der Waals surface area contributed by atoms with E-state index >= 15 is 0 Å². The second-order valence-electron chi connectivity index (χ2n) is 7.01. The molecule has 2 aliphatic heterocycles. The number of amides is 1. The molecule has 2 fully saturated rings. The Morgan fingerprint density at radius 2 is 1.83 bits per heavy atom. The molecule has 10 heteroatoms. The molecule has 0 bridgehead atoms. The number of likely N-dealkylation sites (tertiary alicyclic amines) is 2. The molecule has 1 amide bonds. The third-order valence-electron chi connectivity index (χ3n) is 5.10. The maximum atomic E-state index is 12.5. The van der Waals surface area contributed by atoms with Crippen molar-refractivity contribution in [2.24, 2.45) is 5.92 Å². The fourth-order valence-corrected chi connectivity index (χ4v) is 3.79. The fourth-order valence-electron chi connectivity index (χ4n) is 3.79. The molecule has 1 N–H and O–H groups in total. The van der Waals surface area contributed by atoms with Crippen molar-refractivity contribution in [3.8, 4) is 0 Å². The maximum absolute atomic E-state index is 12.5. The Labute approximate surface area is 164 Å². The van der Waals surface area contributed by atoms with Gasteiger partial charge < -0.3 is 18.8 Å². The molecular weight excluding hydrogens is 393 g/mol. The van der Waals surface area contributed by atoms with E-state index < -0.39 is 12.1 Å². The summed E-state index contributed by atoms with van der Waals surface area (Å²) < 4.78 is 42.5. The van der Waals surface area contributed by atoms with Crippen LogP contribution in [0.15, 0.2) is 45.6 Å². The highest BCUT2D eigenvalue weighted by atomic mass is 19.4. The van der Waals surface area contributed by atoms with Crippen LogP contribution in [0, 0.1) is 5.92 Å². The molecule has 4 rings (SSSR count). The highest BCUT2D eigenvalue weighted by Crippen LogP contribution is 2.32. The number of fused-ring (bicyclic) bond motifs is 1. The summed E-state index contributed by atoms with van der Waals surface area (Å²) in [6.45, 7) is 3.52. The van der Waals surface area contributed by atoms with E-state index in [0.29, 0.717) is 17.7 Å². The van der Waals surface area contributed by atoms with Gasteiger partial charge in [0.1, 0.15) is 5.76 Å². The number of piperidine rings is 1. The number of hydrogen-bond donors (Lipinski definition) is 1. The highest BCUT2D eigenvalue weighted by Gasteiger charge is 2.41. The van der Waals surface area contributed by atoms with Crippen molar-refractivity contribution in [2.45, 2.75) is 31.6 Å². The van der Waals surface area contributed by atoms with E-state index in [4.69, 9.17) is 18.7 Å². The lowest BCUT2D eigenvalue weighted by Crippen LogP contribution is -2.44. The lowest BCUT2D eigenvalue weighted by Gasteiger charge is -2.36. The van der Waals surface area contributed by atoms with Crippen molar-refractivity contribution >= 4 is 11.9 Å². The SMILES string of the molecule is O=C(O)C(F)(F)F.O=C(c1ccco1)N1C[C@H]2CCCN(Cc3ccco3)[C@H]2C1. The van der Waals surface area contributed by atoms with Gasteiger partial charge in [-0.05, 0) is 49.6 Å². The fraction of sp³-hybridized carbons (Fsp3) is 0.474. The first-order valence-corrected chi connectivity index (χ1v) is 9.15. The molecule has 0 aliphatic carbocycles. The largest absolute Gasteiger partial charge is 0.490 e. The van der Waals surface area contributed by atoms with Crippen LogP contribution in [0.3, 0.4) is 0 Å². The maximum Gasteiger partial charge on any atom is 0.490 e. The number of carbonyl (C=O) groups is 2. The molecular formula is C19H21F3N2O5. The average Bonchev–Trinajstić information content (AvgIpc) is 3.42. The van der Waals surface area contributed by atoms with Gasteiger partial charge in [0.25, 0.3) is 5.91 Å². The van der Waals surface area contributed by atoms with Gasteiger partial charge >= 0.3 is 12.1 Å². The number of aliphatic carboxylic acids is 1. The van der Waals surface area contributed by atoms with Crippen molar-refractivity contribution in [1.29, 1.82) is 0 Å². The Balaban J connectivity index is 0.000000298. The molecule has 0 aromatic carbocycles. The second-order valence-corrected chi connectivity index (χ2v) is 7.01. The number of hydrogen-bond acceptors (Lipinski definition) is 5. The number of furan rings is 2. The number of halogens is 3. The van der Waals surface area contributed by atoms with Crippen LogP contribution in [0.2, 0.25) is 0 Å². The summed E-state index contributed by atoms with van der Waals surface area (Å²) in [6.07, 6.45) is 0.573. The summed E-state index contributed by atoms with van der Waals surface area (Å²) in [6, 6.07) is 7.88. The smallest absolute Gasteiger partial charge is 0.475 e. The Kier molecular flexibility index (Phi) is 6.31. The Morgan fingerprint density at radius 1 is 1.14 bits per heavy atom. The second kappa shape index (κ2) is 8.73. The summed E-state index contributed by atoms with van der Waals surface area (Å²) in [4.78, 5) is 25.8. The normalized spacial score (nSPS) is 22.0. The molecule has 0 radical (unpaired) electrons. The average molecular weight is 414 g/mol. The minimum absolute atomic E-state index is 0.0114. The van der Waals surface area contributed by atoms with Gasteiger partial charge in [0.15, 0.2) is 5.76 Å². The number of carbonyl (C=O) groups excluding carboxylic acids is 1. The first-order valence-electron chi connectivity index (χ1n) is 9.15. The lowest BCUT2D eigenvalue weighted by atomic mass is 9.92. The van der Waals surface area contributed by atoms with Crippen LogP contribution < -0.4 is 0 Å². The van der Waals surface area contributed by atoms with Crippen molar-refractivity contribution in [2.75, 3.05) is 19.6 Å². The van der Waals surface area contributed by atoms with Crippen LogP contribution in [-0.2, 0) is 11.3 Å². The highest BCUT2D eigenvalue weighted by molar-refractivity contribution is 5.91. The minimum Gasteiger partial charge on any atom is -0.475 e. The van der Waals surface area contributed by atoms with Gasteiger partial charge in [-0.15, -0.1) is 0 Å². The third-order valence-corrected chi connectivity index (χ3v) is 5.10. The zero-order valence-electron chi connectivity index (χ0n) is 15.5. The predicted molar refractivity (Wildman–Crippen MR) is 93.9 cm³/mol. The van der Waals surface area contributed by atoms with E-state index in [1.165, 1.54) is 12.8 Å². The zero-order valence-corrected chi connectivity index (χ0v) is 15.5. The van der Waals surface area contributed by atoms with E-state index in [0.717, 1.165) is 31.9 Å². The predicted octanol–water partition coefficient (Wildman–Crippen LogP) is 3.24. The molecule has 4 heterocycles. The van der Waals surface area contributed by atoms with Gasteiger partial charge in [-0.3, -0.25) is 9.69 Å². The zero-order chi connectivity index (χ0) is 21.0. The molecule has 0 unspecified atom stereocenters. The van der Waals surface area contributed by atoms with Crippen LogP contribution in [0.25, 0.3) is 0 Å². The number of alkyl halides is 3. The molecule has 2 aromatic rings. The first kappa shape index (κ1) is 21.0. The molecule has 2 aliphatic rings. The summed E-state index contributed by atoms with van der Waals surface area (Å²) in [5.74, 6) is -0.750. The molecule has 2 atom stereocenters. The summed E-state index contributed by atoms with van der Waals surface area (Å²) in [5, 5.41) is 7.12. The Bertz CT molecular complexity index is 804. The van der Waals surface area contributed by atoms with E-state index in [1.807, 2.05) is 17.0 Å². The number of carboxylic acid groups (broad SMARTS) is 1. The topological polar surface area (TPSA) is 87.1 Å².